The zero-order valence-corrected chi connectivity index (χ0v) is 67.0. The lowest BCUT2D eigenvalue weighted by Crippen LogP contribution is -2.27. The highest BCUT2D eigenvalue weighted by atomic mass is 16.6. The van der Waals surface area contributed by atoms with E-state index in [-0.39, 0.29) is 36.4 Å². The molecule has 0 spiro atoms. The van der Waals surface area contributed by atoms with Crippen LogP contribution in [0.3, 0.4) is 0 Å². The molecule has 6 aromatic heterocycles. The van der Waals surface area contributed by atoms with E-state index in [9.17, 15) is 28.8 Å². The molecule has 0 saturated heterocycles. The van der Waals surface area contributed by atoms with Crippen LogP contribution in [0.5, 0.6) is 0 Å². The maximum absolute atomic E-state index is 12.9. The summed E-state index contributed by atoms with van der Waals surface area (Å²) >= 11 is 0. The van der Waals surface area contributed by atoms with Gasteiger partial charge in [-0.25, -0.2) is 38.7 Å². The molecule has 25 heteroatoms. The largest absolute Gasteiger partial charge is 0.448 e. The Balaban J connectivity index is 0.000000144. The number of benzene rings is 8. The zero-order valence-electron chi connectivity index (χ0n) is 67.0. The van der Waals surface area contributed by atoms with Crippen LogP contribution in [0.2, 0.25) is 0 Å². The highest BCUT2D eigenvalue weighted by molar-refractivity contribution is 5.95. The quantitative estimate of drug-likeness (QED) is 0.0969. The van der Waals surface area contributed by atoms with E-state index in [1.54, 1.807) is 35.6 Å². The monoisotopic (exact) mass is 1530 g/mol. The normalized spacial score (nSPS) is 12.6. The van der Waals surface area contributed by atoms with Gasteiger partial charge in [-0.1, -0.05) is 172 Å². The lowest BCUT2D eigenvalue weighted by Gasteiger charge is -2.20. The average molecular weight is 1530 g/mol. The van der Waals surface area contributed by atoms with Gasteiger partial charge >= 0.3 is 24.4 Å². The Hall–Kier alpha value is -12.4. The number of hydrogen-bond acceptors (Lipinski definition) is 19. The van der Waals surface area contributed by atoms with Crippen LogP contribution in [-0.4, -0.2) is 128 Å². The van der Waals surface area contributed by atoms with Crippen LogP contribution in [0.4, 0.5) is 19.2 Å². The topological polar surface area (TPSA) is 285 Å². The first-order valence-electron chi connectivity index (χ1n) is 38.5. The molecule has 2 unspecified atom stereocenters. The van der Waals surface area contributed by atoms with Crippen LogP contribution >= 0.6 is 0 Å². The molecule has 25 nitrogen and oxygen atoms in total. The number of aryl methyl sites for hydroxylation is 6. The van der Waals surface area contributed by atoms with Crippen molar-refractivity contribution in [1.82, 2.24) is 73.6 Å². The summed E-state index contributed by atoms with van der Waals surface area (Å²) in [6, 6.07) is 54.2. The van der Waals surface area contributed by atoms with Crippen LogP contribution in [0.15, 0.2) is 189 Å². The molecule has 0 N–H and O–H groups in total. The predicted octanol–water partition coefficient (Wildman–Crippen LogP) is 19.9. The third-order valence-corrected chi connectivity index (χ3v) is 18.9. The highest BCUT2D eigenvalue weighted by Crippen LogP contribution is 2.29. The number of rotatable bonds is 13. The Bertz CT molecular complexity index is 5570. The molecule has 1 fully saturated rings. The lowest BCUT2D eigenvalue weighted by molar-refractivity contribution is 0.0518. The van der Waals surface area contributed by atoms with E-state index in [4.69, 9.17) is 18.9 Å². The zero-order chi connectivity index (χ0) is 80.9. The SMILES string of the molecule is CCC(C(=O)n1cnc2cc(C)ccc21)c1ccccc1.CCCCC(CC)COC(=O)n1nnc2cc(C)ccc21.Cc1ccc2c(c1)ncn2C(=O)C1CCCCC1.Cc1ccc2c(c1)ncn2C(=O)OCc1ccccc1.Cc1ccc2c(c1)nnn2C(=O)OC(C)(C)C.Cc1ccc2c(c1)nnn2C(=O)OC(C)C. The van der Waals surface area contributed by atoms with Crippen molar-refractivity contribution in [2.45, 2.75) is 185 Å². The fourth-order valence-electron chi connectivity index (χ4n) is 12.8. The van der Waals surface area contributed by atoms with E-state index in [2.05, 4.69) is 59.7 Å². The van der Waals surface area contributed by atoms with E-state index in [1.165, 1.54) is 56.2 Å². The van der Waals surface area contributed by atoms with Gasteiger partial charge in [0.2, 0.25) is 11.8 Å². The summed E-state index contributed by atoms with van der Waals surface area (Å²) in [6.45, 7) is 28.0. The Kier molecular flexibility index (Phi) is 28.7. The minimum absolute atomic E-state index is 0.0788. The number of hydrogen-bond donors (Lipinski definition) is 0. The third kappa shape index (κ3) is 22.2. The number of unbranched alkanes of at least 4 members (excludes halogenated alkanes) is 1. The summed E-state index contributed by atoms with van der Waals surface area (Å²) < 4.78 is 29.4. The maximum Gasteiger partial charge on any atom is 0.437 e. The molecule has 6 heterocycles. The highest BCUT2D eigenvalue weighted by Gasteiger charge is 2.26. The number of ether oxygens (including phenoxy) is 4. The van der Waals surface area contributed by atoms with Gasteiger partial charge in [0.25, 0.3) is 0 Å². The van der Waals surface area contributed by atoms with E-state index in [1.807, 2.05) is 239 Å². The van der Waals surface area contributed by atoms with Crippen molar-refractivity contribution in [2.75, 3.05) is 6.61 Å². The number of nitrogens with zero attached hydrogens (tertiary/aromatic N) is 15. The number of carbonyl (C=O) groups is 6. The van der Waals surface area contributed by atoms with Crippen molar-refractivity contribution in [1.29, 1.82) is 0 Å². The summed E-state index contributed by atoms with van der Waals surface area (Å²) in [7, 11) is 0. The van der Waals surface area contributed by atoms with Crippen LogP contribution in [0.1, 0.15) is 180 Å². The number of carbonyl (C=O) groups excluding carboxylic acids is 6. The Morgan fingerprint density at radius 3 is 1.32 bits per heavy atom. The van der Waals surface area contributed by atoms with E-state index in [0.29, 0.717) is 45.6 Å². The van der Waals surface area contributed by atoms with Crippen LogP contribution < -0.4 is 0 Å². The molecule has 15 rings (SSSR count). The molecule has 0 radical (unpaired) electrons. The van der Waals surface area contributed by atoms with Gasteiger partial charge < -0.3 is 18.9 Å². The molecule has 14 aromatic rings. The van der Waals surface area contributed by atoms with Gasteiger partial charge in [-0.05, 0) is 225 Å². The summed E-state index contributed by atoms with van der Waals surface area (Å²) in [5.74, 6) is 0.782. The van der Waals surface area contributed by atoms with Gasteiger partial charge in [0.05, 0.1) is 51.7 Å². The van der Waals surface area contributed by atoms with Gasteiger partial charge in [0.15, 0.2) is 0 Å². The second-order valence-corrected chi connectivity index (χ2v) is 29.6. The lowest BCUT2D eigenvalue weighted by atomic mass is 9.88. The second-order valence-electron chi connectivity index (χ2n) is 29.6. The predicted molar refractivity (Wildman–Crippen MR) is 438 cm³/mol. The average Bonchev–Trinajstić information content (AvgIpc) is 1.66. The molecule has 1 saturated carbocycles. The standard InChI is InChI=1S/C18H18N2O.C16H23N3O2.C16H14N2O2.C15H18N2O.C12H15N3O2.C11H13N3O2/c1-3-15(14-7-5-4-6-8-14)18(21)20-12-19-16-11-13(2)9-10-17(16)20;1-4-6-7-13(5-2)11-21-16(20)19-15-9-8-12(3)10-14(15)17-18-19;1-12-7-8-15-14(9-12)17-11-18(15)16(19)20-10-13-5-3-2-4-6-13;1-11-7-8-14-13(9-11)16-10-17(14)15(18)12-5-3-2-4-6-12;1-8-5-6-10-9(7-8)13-14-15(10)11(16)17-12(2,3)4;1-7(2)16-11(15)14-10-5-4-8(3)6-9(10)12-13-14/h4-12,15H,3H2,1-2H3;8-10,13H,4-7,11H2,1-3H3;2-9,11H,10H2,1H3;7-10,12H,2-6H2,1H3;5-7H,1-4H3;4-7H,1-3H3. The molecule has 0 amide bonds. The minimum Gasteiger partial charge on any atom is -0.448 e. The fourth-order valence-corrected chi connectivity index (χ4v) is 12.8. The Labute approximate surface area is 657 Å². The van der Waals surface area contributed by atoms with Gasteiger partial charge in [-0.15, -0.1) is 29.3 Å². The van der Waals surface area contributed by atoms with Gasteiger partial charge in [0, 0.05) is 5.92 Å². The molecule has 0 bridgehead atoms. The molecular formula is C88H101N15O10. The number of aromatic nitrogens is 15. The summed E-state index contributed by atoms with van der Waals surface area (Å²) in [4.78, 5) is 86.0. The molecular weight excluding hydrogens is 1430 g/mol. The van der Waals surface area contributed by atoms with Gasteiger partial charge in [0.1, 0.15) is 64.3 Å². The van der Waals surface area contributed by atoms with E-state index >= 15 is 0 Å². The molecule has 2 atom stereocenters. The number of fused-ring (bicyclic) bond motifs is 6. The van der Waals surface area contributed by atoms with Crippen molar-refractivity contribution in [3.63, 3.8) is 0 Å². The van der Waals surface area contributed by atoms with Crippen LogP contribution in [-0.2, 0) is 25.6 Å². The maximum atomic E-state index is 12.9. The molecule has 113 heavy (non-hydrogen) atoms. The molecule has 0 aliphatic heterocycles. The number of imidazole rings is 3. The van der Waals surface area contributed by atoms with Crippen molar-refractivity contribution >= 4 is 102 Å². The summed E-state index contributed by atoms with van der Waals surface area (Å²) in [5, 5.41) is 23.4. The van der Waals surface area contributed by atoms with Crippen molar-refractivity contribution < 1.29 is 47.7 Å². The Morgan fingerprint density at radius 1 is 0.451 bits per heavy atom. The van der Waals surface area contributed by atoms with Crippen LogP contribution in [0, 0.1) is 53.4 Å². The van der Waals surface area contributed by atoms with Crippen molar-refractivity contribution in [3.8, 4) is 0 Å². The summed E-state index contributed by atoms with van der Waals surface area (Å²) in [6.07, 6.45) is 13.7. The van der Waals surface area contributed by atoms with Crippen LogP contribution in [0.25, 0.3) is 66.2 Å². The van der Waals surface area contributed by atoms with Gasteiger partial charge in [-0.3, -0.25) is 18.7 Å². The smallest absolute Gasteiger partial charge is 0.437 e. The molecule has 8 aromatic carbocycles. The summed E-state index contributed by atoms with van der Waals surface area (Å²) in [5.41, 5.74) is 17.4. The second kappa shape index (κ2) is 39.0. The first-order chi connectivity index (χ1) is 54.3. The van der Waals surface area contributed by atoms with Crippen molar-refractivity contribution in [2.24, 2.45) is 11.8 Å². The Morgan fingerprint density at radius 2 is 0.867 bits per heavy atom. The molecule has 588 valence electrons. The van der Waals surface area contributed by atoms with Gasteiger partial charge in [-0.2, -0.15) is 0 Å². The minimum atomic E-state index is -0.542. The first-order valence-corrected chi connectivity index (χ1v) is 38.5. The van der Waals surface area contributed by atoms with E-state index < -0.39 is 30.0 Å². The van der Waals surface area contributed by atoms with E-state index in [0.717, 1.165) is 111 Å². The molecule has 1 aliphatic rings. The third-order valence-electron chi connectivity index (χ3n) is 18.9. The van der Waals surface area contributed by atoms with Crippen molar-refractivity contribution in [3.05, 3.63) is 233 Å². The first kappa shape index (κ1) is 83.1. The molecule has 1 aliphatic carbocycles. The fraction of sp³-hybridized carbons (Fsp3) is 0.352.